The van der Waals surface area contributed by atoms with Crippen molar-refractivity contribution in [1.82, 2.24) is 0 Å². The second-order valence-corrected chi connectivity index (χ2v) is 3.31. The highest BCUT2D eigenvalue weighted by Crippen LogP contribution is 1.91. The first kappa shape index (κ1) is 8.83. The van der Waals surface area contributed by atoms with E-state index < -0.39 is 22.0 Å². The first-order chi connectivity index (χ1) is 3.98. The van der Waals surface area contributed by atoms with E-state index in [0.29, 0.717) is 0 Å². The molecule has 0 saturated heterocycles. The lowest BCUT2D eigenvalue weighted by Gasteiger charge is -2.00. The van der Waals surface area contributed by atoms with Crippen LogP contribution in [0.25, 0.3) is 0 Å². The zero-order chi connectivity index (χ0) is 7.49. The largest absolute Gasteiger partial charge is 0.392 e. The monoisotopic (exact) mass is 155 g/mol. The van der Waals surface area contributed by atoms with Crippen molar-refractivity contribution in [3.63, 3.8) is 0 Å². The molecule has 56 valence electrons. The molecule has 1 unspecified atom stereocenters. The Morgan fingerprint density at radius 1 is 1.78 bits per heavy atom. The topological polar surface area (TPSA) is 89.6 Å². The van der Waals surface area contributed by atoms with Crippen molar-refractivity contribution >= 4 is 10.1 Å². The zero-order valence-corrected chi connectivity index (χ0v) is 5.76. The summed E-state index contributed by atoms with van der Waals surface area (Å²) in [7, 11) is -3.69. The molecule has 0 saturated carbocycles. The second kappa shape index (κ2) is 3.11. The summed E-state index contributed by atoms with van der Waals surface area (Å²) in [5, 5.41) is 8.50. The summed E-state index contributed by atoms with van der Waals surface area (Å²) in [6.45, 7) is 1.33. The van der Waals surface area contributed by atoms with Gasteiger partial charge in [0.25, 0.3) is 10.1 Å². The van der Waals surface area contributed by atoms with Crippen molar-refractivity contribution in [2.45, 2.75) is 13.0 Å². The molecule has 0 rings (SSSR count). The quantitative estimate of drug-likeness (QED) is 0.488. The number of hydrogen-bond donors (Lipinski definition) is 2. The van der Waals surface area contributed by atoms with Crippen molar-refractivity contribution in [2.24, 2.45) is 5.90 Å². The predicted octanol–water partition coefficient (Wildman–Crippen LogP) is -1.41. The Bertz CT molecular complexity index is 161. The summed E-state index contributed by atoms with van der Waals surface area (Å²) in [5.41, 5.74) is 0. The fourth-order valence-corrected chi connectivity index (χ4v) is 1.00. The van der Waals surface area contributed by atoms with Crippen LogP contribution >= 0.6 is 0 Å². The molecule has 0 spiro atoms. The molecular formula is C3H9NO4S. The van der Waals surface area contributed by atoms with Crippen LogP contribution in [-0.4, -0.2) is 25.4 Å². The molecule has 1 atom stereocenters. The molecule has 0 bridgehead atoms. The number of aliphatic hydroxyl groups is 1. The van der Waals surface area contributed by atoms with E-state index in [1.165, 1.54) is 6.92 Å². The normalized spacial score (nSPS) is 15.4. The molecule has 0 heterocycles. The van der Waals surface area contributed by atoms with Gasteiger partial charge < -0.3 is 5.11 Å². The van der Waals surface area contributed by atoms with Gasteiger partial charge in [-0.1, -0.05) is 0 Å². The molecule has 9 heavy (non-hydrogen) atoms. The fraction of sp³-hybridized carbons (Fsp3) is 1.00. The lowest BCUT2D eigenvalue weighted by atomic mass is 10.5. The Labute approximate surface area is 53.5 Å². The molecule has 6 heteroatoms. The SMILES string of the molecule is CC(O)CS(=O)(=O)ON. The summed E-state index contributed by atoms with van der Waals surface area (Å²) in [6.07, 6.45) is -0.946. The Morgan fingerprint density at radius 3 is 2.33 bits per heavy atom. The van der Waals surface area contributed by atoms with E-state index in [2.05, 4.69) is 10.2 Å². The zero-order valence-electron chi connectivity index (χ0n) is 4.94. The van der Waals surface area contributed by atoms with E-state index in [1.54, 1.807) is 0 Å². The van der Waals surface area contributed by atoms with Gasteiger partial charge in [-0.25, -0.2) is 0 Å². The number of nitrogens with two attached hydrogens (primary N) is 1. The Kier molecular flexibility index (Phi) is 3.06. The maximum Gasteiger partial charge on any atom is 0.285 e. The van der Waals surface area contributed by atoms with E-state index in [1.807, 2.05) is 0 Å². The molecule has 0 aliphatic carbocycles. The summed E-state index contributed by atoms with van der Waals surface area (Å²) >= 11 is 0. The van der Waals surface area contributed by atoms with Crippen LogP contribution in [0.1, 0.15) is 6.92 Å². The maximum atomic E-state index is 10.3. The van der Waals surface area contributed by atoms with Crippen LogP contribution in [0, 0.1) is 0 Å². The van der Waals surface area contributed by atoms with E-state index in [9.17, 15) is 8.42 Å². The molecule has 0 aromatic heterocycles. The number of rotatable bonds is 3. The van der Waals surface area contributed by atoms with Crippen molar-refractivity contribution in [2.75, 3.05) is 5.75 Å². The highest BCUT2D eigenvalue weighted by atomic mass is 32.2. The van der Waals surface area contributed by atoms with Crippen molar-refractivity contribution < 1.29 is 17.8 Å². The van der Waals surface area contributed by atoms with Crippen molar-refractivity contribution in [3.8, 4) is 0 Å². The van der Waals surface area contributed by atoms with Crippen LogP contribution in [0.15, 0.2) is 0 Å². The number of aliphatic hydroxyl groups excluding tert-OH is 1. The summed E-state index contributed by atoms with van der Waals surface area (Å²) < 4.78 is 24.2. The Balaban J connectivity index is 3.90. The average Bonchev–Trinajstić information content (AvgIpc) is 1.63. The van der Waals surface area contributed by atoms with E-state index in [4.69, 9.17) is 5.11 Å². The predicted molar refractivity (Wildman–Crippen MR) is 30.7 cm³/mol. The molecule has 3 N–H and O–H groups in total. The number of hydrogen-bond acceptors (Lipinski definition) is 5. The average molecular weight is 155 g/mol. The molecule has 0 aromatic carbocycles. The highest BCUT2D eigenvalue weighted by Gasteiger charge is 2.12. The summed E-state index contributed by atoms with van der Waals surface area (Å²) in [4.78, 5) is 0. The summed E-state index contributed by atoms with van der Waals surface area (Å²) in [5.74, 6) is 3.89. The van der Waals surface area contributed by atoms with Gasteiger partial charge in [0.15, 0.2) is 0 Å². The van der Waals surface area contributed by atoms with Gasteiger partial charge in [-0.3, -0.25) is 0 Å². The fourth-order valence-electron chi connectivity index (χ4n) is 0.335. The molecule has 0 aromatic rings. The van der Waals surface area contributed by atoms with Gasteiger partial charge in [0.2, 0.25) is 0 Å². The van der Waals surface area contributed by atoms with E-state index in [0.717, 1.165) is 0 Å². The van der Waals surface area contributed by atoms with E-state index >= 15 is 0 Å². The maximum absolute atomic E-state index is 10.3. The third kappa shape index (κ3) is 4.34. The van der Waals surface area contributed by atoms with Gasteiger partial charge in [0, 0.05) is 0 Å². The minimum absolute atomic E-state index is 0.469. The van der Waals surface area contributed by atoms with Crippen LogP contribution < -0.4 is 5.90 Å². The smallest absolute Gasteiger partial charge is 0.285 e. The van der Waals surface area contributed by atoms with Crippen LogP contribution in [0.3, 0.4) is 0 Å². The first-order valence-corrected chi connectivity index (χ1v) is 3.85. The standard InChI is InChI=1S/C3H9NO4S/c1-3(5)2-9(6,7)8-4/h3,5H,2,4H2,1H3. The molecular weight excluding hydrogens is 146 g/mol. The van der Waals surface area contributed by atoms with Gasteiger partial charge in [0.1, 0.15) is 5.75 Å². The minimum Gasteiger partial charge on any atom is -0.392 e. The molecule has 5 nitrogen and oxygen atoms in total. The van der Waals surface area contributed by atoms with Crippen molar-refractivity contribution in [1.29, 1.82) is 0 Å². The van der Waals surface area contributed by atoms with Gasteiger partial charge in [0.05, 0.1) is 6.10 Å². The molecule has 0 aliphatic rings. The first-order valence-electron chi connectivity index (χ1n) is 2.27. The van der Waals surface area contributed by atoms with Gasteiger partial charge >= 0.3 is 0 Å². The lowest BCUT2D eigenvalue weighted by Crippen LogP contribution is -2.22. The highest BCUT2D eigenvalue weighted by molar-refractivity contribution is 7.86. The lowest BCUT2D eigenvalue weighted by molar-refractivity contribution is 0.211. The summed E-state index contributed by atoms with van der Waals surface area (Å²) in [6, 6.07) is 0. The van der Waals surface area contributed by atoms with Crippen LogP contribution in [0.2, 0.25) is 0 Å². The molecule has 0 fully saturated rings. The third-order valence-electron chi connectivity index (χ3n) is 0.592. The van der Waals surface area contributed by atoms with Crippen molar-refractivity contribution in [3.05, 3.63) is 0 Å². The van der Waals surface area contributed by atoms with Gasteiger partial charge in [-0.05, 0) is 6.92 Å². The Morgan fingerprint density at radius 2 is 2.22 bits per heavy atom. The second-order valence-electron chi connectivity index (χ2n) is 1.67. The molecule has 0 aliphatic heterocycles. The van der Waals surface area contributed by atoms with Crippen LogP contribution in [0.4, 0.5) is 0 Å². The van der Waals surface area contributed by atoms with Gasteiger partial charge in [-0.2, -0.15) is 18.6 Å². The third-order valence-corrected chi connectivity index (χ3v) is 1.78. The Hall–Kier alpha value is -0.170. The molecule has 0 amide bonds. The molecule has 0 radical (unpaired) electrons. The van der Waals surface area contributed by atoms with Crippen LogP contribution in [-0.2, 0) is 14.4 Å². The van der Waals surface area contributed by atoms with Crippen LogP contribution in [0.5, 0.6) is 0 Å². The minimum atomic E-state index is -3.69. The van der Waals surface area contributed by atoms with E-state index in [-0.39, 0.29) is 0 Å². The van der Waals surface area contributed by atoms with Gasteiger partial charge in [-0.15, -0.1) is 0 Å².